The molecule has 0 aliphatic carbocycles. The van der Waals surface area contributed by atoms with E-state index in [0.29, 0.717) is 18.6 Å². The summed E-state index contributed by atoms with van der Waals surface area (Å²) in [4.78, 5) is 24.5. The highest BCUT2D eigenvalue weighted by Crippen LogP contribution is 2.22. The van der Waals surface area contributed by atoms with Crippen LogP contribution in [0, 0.1) is 0 Å². The molecule has 0 radical (unpaired) electrons. The lowest BCUT2D eigenvalue weighted by atomic mass is 9.88. The number of aliphatic carboxylic acids is 1. The SMILES string of the molecule is CCC(CC)(CC(=O)O)NC(=O)C(C)Oc1ccc(SC)cc1. The summed E-state index contributed by atoms with van der Waals surface area (Å²) < 4.78 is 5.65. The van der Waals surface area contributed by atoms with Gasteiger partial charge in [0.25, 0.3) is 5.91 Å². The number of carbonyl (C=O) groups excluding carboxylic acids is 1. The third-order valence-corrected chi connectivity index (χ3v) is 4.72. The summed E-state index contributed by atoms with van der Waals surface area (Å²) in [5.41, 5.74) is -0.733. The molecule has 5 nitrogen and oxygen atoms in total. The van der Waals surface area contributed by atoms with Gasteiger partial charge in [-0.3, -0.25) is 9.59 Å². The normalized spacial score (nSPS) is 12.5. The first-order chi connectivity index (χ1) is 10.9. The maximum atomic E-state index is 12.4. The minimum atomic E-state index is -0.921. The minimum Gasteiger partial charge on any atom is -0.481 e. The number of amides is 1. The van der Waals surface area contributed by atoms with Gasteiger partial charge in [-0.2, -0.15) is 0 Å². The van der Waals surface area contributed by atoms with Crippen molar-refractivity contribution in [3.05, 3.63) is 24.3 Å². The molecule has 1 rings (SSSR count). The van der Waals surface area contributed by atoms with E-state index in [1.54, 1.807) is 18.7 Å². The lowest BCUT2D eigenvalue weighted by Crippen LogP contribution is -2.52. The summed E-state index contributed by atoms with van der Waals surface area (Å²) in [6.45, 7) is 5.41. The van der Waals surface area contributed by atoms with Crippen molar-refractivity contribution in [3.63, 3.8) is 0 Å². The Balaban J connectivity index is 2.72. The smallest absolute Gasteiger partial charge is 0.305 e. The Kier molecular flexibility index (Phi) is 7.42. The van der Waals surface area contributed by atoms with Crippen molar-refractivity contribution >= 4 is 23.6 Å². The van der Waals surface area contributed by atoms with Crippen molar-refractivity contribution in [3.8, 4) is 5.75 Å². The molecule has 0 fully saturated rings. The standard InChI is InChI=1S/C17H25NO4S/c1-5-17(6-2,11-15(19)20)18-16(21)12(3)22-13-7-9-14(23-4)10-8-13/h7-10,12H,5-6,11H2,1-4H3,(H,18,21)(H,19,20). The number of nitrogens with one attached hydrogen (secondary N) is 1. The Labute approximate surface area is 141 Å². The van der Waals surface area contributed by atoms with Gasteiger partial charge in [0, 0.05) is 4.90 Å². The molecule has 0 aliphatic rings. The number of carboxylic acids is 1. The van der Waals surface area contributed by atoms with Crippen molar-refractivity contribution in [1.29, 1.82) is 0 Å². The van der Waals surface area contributed by atoms with Crippen LogP contribution in [-0.2, 0) is 9.59 Å². The van der Waals surface area contributed by atoms with Crippen LogP contribution >= 0.6 is 11.8 Å². The van der Waals surface area contributed by atoms with Gasteiger partial charge in [0.15, 0.2) is 6.10 Å². The third-order valence-electron chi connectivity index (χ3n) is 3.97. The highest BCUT2D eigenvalue weighted by atomic mass is 32.2. The molecule has 23 heavy (non-hydrogen) atoms. The minimum absolute atomic E-state index is 0.0963. The molecule has 128 valence electrons. The lowest BCUT2D eigenvalue weighted by molar-refractivity contribution is -0.139. The summed E-state index contributed by atoms with van der Waals surface area (Å²) in [5.74, 6) is -0.610. The molecule has 0 saturated carbocycles. The predicted molar refractivity (Wildman–Crippen MR) is 92.0 cm³/mol. The lowest BCUT2D eigenvalue weighted by Gasteiger charge is -2.32. The van der Waals surface area contributed by atoms with Crippen LogP contribution in [-0.4, -0.2) is 34.9 Å². The monoisotopic (exact) mass is 339 g/mol. The number of hydrogen-bond acceptors (Lipinski definition) is 4. The molecule has 1 atom stereocenters. The Hall–Kier alpha value is -1.69. The van der Waals surface area contributed by atoms with Crippen LogP contribution in [0.4, 0.5) is 0 Å². The van der Waals surface area contributed by atoms with E-state index in [0.717, 1.165) is 4.90 Å². The summed E-state index contributed by atoms with van der Waals surface area (Å²) >= 11 is 1.63. The first kappa shape index (κ1) is 19.4. The highest BCUT2D eigenvalue weighted by molar-refractivity contribution is 7.98. The largest absolute Gasteiger partial charge is 0.481 e. The fourth-order valence-electron chi connectivity index (χ4n) is 2.29. The van der Waals surface area contributed by atoms with E-state index < -0.39 is 17.6 Å². The average Bonchev–Trinajstić information content (AvgIpc) is 2.54. The molecular formula is C17H25NO4S. The van der Waals surface area contributed by atoms with E-state index in [1.165, 1.54) is 0 Å². The number of benzene rings is 1. The maximum absolute atomic E-state index is 12.4. The molecule has 0 heterocycles. The Morgan fingerprint density at radius 2 is 1.83 bits per heavy atom. The fourth-order valence-corrected chi connectivity index (χ4v) is 2.69. The number of hydrogen-bond donors (Lipinski definition) is 2. The molecule has 0 bridgehead atoms. The molecule has 0 spiro atoms. The fraction of sp³-hybridized carbons (Fsp3) is 0.529. The van der Waals surface area contributed by atoms with Gasteiger partial charge in [0.1, 0.15) is 5.75 Å². The van der Waals surface area contributed by atoms with Crippen LogP contribution in [0.1, 0.15) is 40.0 Å². The first-order valence-electron chi connectivity index (χ1n) is 7.70. The van der Waals surface area contributed by atoms with Gasteiger partial charge >= 0.3 is 5.97 Å². The van der Waals surface area contributed by atoms with Gasteiger partial charge < -0.3 is 15.2 Å². The molecule has 1 amide bonds. The van der Waals surface area contributed by atoms with Gasteiger partial charge in [-0.15, -0.1) is 11.8 Å². The Bertz CT molecular complexity index is 526. The summed E-state index contributed by atoms with van der Waals surface area (Å²) in [6, 6.07) is 7.49. The molecule has 1 aromatic carbocycles. The van der Waals surface area contributed by atoms with Gasteiger partial charge in [0.05, 0.1) is 12.0 Å². The number of carbonyl (C=O) groups is 2. The Morgan fingerprint density at radius 3 is 2.26 bits per heavy atom. The van der Waals surface area contributed by atoms with Crippen molar-refractivity contribution in [1.82, 2.24) is 5.32 Å². The second kappa shape index (κ2) is 8.82. The van der Waals surface area contributed by atoms with Gasteiger partial charge in [-0.1, -0.05) is 13.8 Å². The number of carboxylic acid groups (broad SMARTS) is 1. The van der Waals surface area contributed by atoms with Crippen LogP contribution in [0.3, 0.4) is 0 Å². The van der Waals surface area contributed by atoms with Crippen molar-refractivity contribution < 1.29 is 19.4 Å². The summed E-state index contributed by atoms with van der Waals surface area (Å²) in [6.07, 6.45) is 2.30. The zero-order chi connectivity index (χ0) is 17.5. The molecule has 1 unspecified atom stereocenters. The van der Waals surface area contributed by atoms with Crippen molar-refractivity contribution in [2.45, 2.75) is 56.6 Å². The average molecular weight is 339 g/mol. The molecule has 0 aliphatic heterocycles. The van der Waals surface area contributed by atoms with Gasteiger partial charge in [0.2, 0.25) is 0 Å². The quantitative estimate of drug-likeness (QED) is 0.675. The second-order valence-corrected chi connectivity index (χ2v) is 6.36. The predicted octanol–water partition coefficient (Wildman–Crippen LogP) is 3.33. The van der Waals surface area contributed by atoms with E-state index in [-0.39, 0.29) is 12.3 Å². The second-order valence-electron chi connectivity index (χ2n) is 5.48. The summed E-state index contributed by atoms with van der Waals surface area (Å²) in [7, 11) is 0. The van der Waals surface area contributed by atoms with Crippen LogP contribution in [0.2, 0.25) is 0 Å². The zero-order valence-corrected chi connectivity index (χ0v) is 14.9. The van der Waals surface area contributed by atoms with Crippen molar-refractivity contribution in [2.75, 3.05) is 6.26 Å². The van der Waals surface area contributed by atoms with Gasteiger partial charge in [-0.25, -0.2) is 0 Å². The molecular weight excluding hydrogens is 314 g/mol. The molecule has 0 saturated heterocycles. The van der Waals surface area contributed by atoms with Crippen LogP contribution in [0.5, 0.6) is 5.75 Å². The molecule has 2 N–H and O–H groups in total. The van der Waals surface area contributed by atoms with Crippen LogP contribution in [0.25, 0.3) is 0 Å². The number of rotatable bonds is 9. The number of thioether (sulfide) groups is 1. The van der Waals surface area contributed by atoms with E-state index in [4.69, 9.17) is 9.84 Å². The molecule has 0 aromatic heterocycles. The number of ether oxygens (including phenoxy) is 1. The summed E-state index contributed by atoms with van der Waals surface area (Å²) in [5, 5.41) is 11.9. The van der Waals surface area contributed by atoms with E-state index in [2.05, 4.69) is 5.32 Å². The molecule has 6 heteroatoms. The van der Waals surface area contributed by atoms with E-state index in [1.807, 2.05) is 44.4 Å². The van der Waals surface area contributed by atoms with E-state index in [9.17, 15) is 9.59 Å². The van der Waals surface area contributed by atoms with Gasteiger partial charge in [-0.05, 0) is 50.3 Å². The third kappa shape index (κ3) is 5.78. The van der Waals surface area contributed by atoms with Crippen LogP contribution < -0.4 is 10.1 Å². The highest BCUT2D eigenvalue weighted by Gasteiger charge is 2.32. The Morgan fingerprint density at radius 1 is 1.26 bits per heavy atom. The zero-order valence-electron chi connectivity index (χ0n) is 14.1. The topological polar surface area (TPSA) is 75.6 Å². The first-order valence-corrected chi connectivity index (χ1v) is 8.92. The van der Waals surface area contributed by atoms with Crippen molar-refractivity contribution in [2.24, 2.45) is 0 Å². The van der Waals surface area contributed by atoms with Crippen LogP contribution in [0.15, 0.2) is 29.2 Å². The maximum Gasteiger partial charge on any atom is 0.305 e. The van der Waals surface area contributed by atoms with E-state index >= 15 is 0 Å². The molecule has 1 aromatic rings.